The molecule has 1 unspecified atom stereocenters. The quantitative estimate of drug-likeness (QED) is 0.823. The minimum Gasteiger partial charge on any atom is -0.378 e. The summed E-state index contributed by atoms with van der Waals surface area (Å²) in [6.45, 7) is 4.22. The molecule has 1 fully saturated rings. The molecule has 0 aliphatic carbocycles. The van der Waals surface area contributed by atoms with E-state index in [2.05, 4.69) is 22.7 Å². The number of hydrogen-bond donors (Lipinski definition) is 2. The second kappa shape index (κ2) is 7.06. The zero-order chi connectivity index (χ0) is 14.5. The van der Waals surface area contributed by atoms with Gasteiger partial charge in [0.05, 0.1) is 24.0 Å². The number of ether oxygens (including phenoxy) is 1. The molecule has 1 aromatic rings. The maximum Gasteiger partial charge on any atom is 0.287 e. The summed E-state index contributed by atoms with van der Waals surface area (Å²) in [5, 5.41) is 10.8. The van der Waals surface area contributed by atoms with Gasteiger partial charge < -0.3 is 15.4 Å². The molecule has 0 amide bonds. The molecule has 0 bridgehead atoms. The Morgan fingerprint density at radius 1 is 1.60 bits per heavy atom. The fourth-order valence-electron chi connectivity index (χ4n) is 2.28. The molecule has 6 nitrogen and oxygen atoms in total. The van der Waals surface area contributed by atoms with Crippen LogP contribution in [0.25, 0.3) is 0 Å². The molecule has 20 heavy (non-hydrogen) atoms. The molecule has 0 spiro atoms. The van der Waals surface area contributed by atoms with Crippen LogP contribution in [0.3, 0.4) is 0 Å². The third-order valence-corrected chi connectivity index (χ3v) is 3.88. The van der Waals surface area contributed by atoms with Gasteiger partial charge in [-0.25, -0.2) is 4.68 Å². The van der Waals surface area contributed by atoms with Crippen LogP contribution in [-0.2, 0) is 11.3 Å². The Bertz CT molecular complexity index is 506. The van der Waals surface area contributed by atoms with Crippen molar-refractivity contribution in [1.82, 2.24) is 15.1 Å². The topological polar surface area (TPSA) is 68.2 Å². The lowest BCUT2D eigenvalue weighted by Crippen LogP contribution is -2.35. The van der Waals surface area contributed by atoms with Crippen LogP contribution in [0.15, 0.2) is 11.0 Å². The lowest BCUT2D eigenvalue weighted by atomic mass is 10.2. The van der Waals surface area contributed by atoms with Crippen LogP contribution < -0.4 is 16.2 Å². The van der Waals surface area contributed by atoms with Gasteiger partial charge in [-0.05, 0) is 6.42 Å². The summed E-state index contributed by atoms with van der Waals surface area (Å²) in [6, 6.07) is 0.0881. The van der Waals surface area contributed by atoms with Crippen molar-refractivity contribution < 1.29 is 4.74 Å². The van der Waals surface area contributed by atoms with E-state index in [0.29, 0.717) is 12.2 Å². The van der Waals surface area contributed by atoms with E-state index in [1.165, 1.54) is 4.68 Å². The molecule has 2 heterocycles. The predicted molar refractivity (Wildman–Crippen MR) is 79.5 cm³/mol. The summed E-state index contributed by atoms with van der Waals surface area (Å²) >= 11 is 6.15. The summed E-state index contributed by atoms with van der Waals surface area (Å²) in [7, 11) is 1.68. The van der Waals surface area contributed by atoms with Gasteiger partial charge >= 0.3 is 0 Å². The number of aryl methyl sites for hydroxylation is 1. The molecule has 1 aliphatic heterocycles. The van der Waals surface area contributed by atoms with Gasteiger partial charge in [0.1, 0.15) is 5.02 Å². The predicted octanol–water partition coefficient (Wildman–Crippen LogP) is 1.10. The lowest BCUT2D eigenvalue weighted by molar-refractivity contribution is 0.111. The van der Waals surface area contributed by atoms with Crippen molar-refractivity contribution in [3.8, 4) is 0 Å². The van der Waals surface area contributed by atoms with E-state index in [0.717, 1.165) is 25.9 Å². The highest BCUT2D eigenvalue weighted by Crippen LogP contribution is 2.19. The largest absolute Gasteiger partial charge is 0.378 e. The summed E-state index contributed by atoms with van der Waals surface area (Å²) in [6.07, 6.45) is 3.60. The van der Waals surface area contributed by atoms with Crippen molar-refractivity contribution in [2.75, 3.05) is 25.5 Å². The highest BCUT2D eigenvalue weighted by atomic mass is 35.5. The SMILES string of the molecule is CCCCn1ncc(NC2CNC[C@@H]2OC)c(Cl)c1=O. The minimum absolute atomic E-state index is 0.0635. The fraction of sp³-hybridized carbons (Fsp3) is 0.692. The number of nitrogens with one attached hydrogen (secondary N) is 2. The maximum atomic E-state index is 12.1. The number of aromatic nitrogens is 2. The molecule has 0 aromatic carbocycles. The molecule has 7 heteroatoms. The van der Waals surface area contributed by atoms with E-state index in [4.69, 9.17) is 16.3 Å². The lowest BCUT2D eigenvalue weighted by Gasteiger charge is -2.20. The minimum atomic E-state index is -0.245. The average molecular weight is 301 g/mol. The summed E-state index contributed by atoms with van der Waals surface area (Å²) in [4.78, 5) is 12.1. The van der Waals surface area contributed by atoms with E-state index in [9.17, 15) is 4.79 Å². The first-order chi connectivity index (χ1) is 9.67. The molecule has 2 atom stereocenters. The van der Waals surface area contributed by atoms with Gasteiger partial charge in [0.2, 0.25) is 0 Å². The molecule has 2 N–H and O–H groups in total. The molecule has 1 aliphatic rings. The molecule has 1 saturated heterocycles. The second-order valence-corrected chi connectivity index (χ2v) is 5.32. The third kappa shape index (κ3) is 3.31. The van der Waals surface area contributed by atoms with Gasteiger partial charge in [0.15, 0.2) is 0 Å². The summed E-state index contributed by atoms with van der Waals surface area (Å²) in [5.41, 5.74) is 0.324. The van der Waals surface area contributed by atoms with Gasteiger partial charge in [-0.1, -0.05) is 24.9 Å². The normalized spacial score (nSPS) is 22.1. The second-order valence-electron chi connectivity index (χ2n) is 4.94. The van der Waals surface area contributed by atoms with Crippen molar-refractivity contribution in [3.63, 3.8) is 0 Å². The molecular weight excluding hydrogens is 280 g/mol. The van der Waals surface area contributed by atoms with E-state index in [1.54, 1.807) is 13.3 Å². The number of methoxy groups -OCH3 is 1. The van der Waals surface area contributed by atoms with Gasteiger partial charge in [-0.15, -0.1) is 0 Å². The van der Waals surface area contributed by atoms with Crippen LogP contribution in [0, 0.1) is 0 Å². The summed E-state index contributed by atoms with van der Waals surface area (Å²) < 4.78 is 6.79. The van der Waals surface area contributed by atoms with E-state index in [1.807, 2.05) is 0 Å². The van der Waals surface area contributed by atoms with Crippen LogP contribution in [0.2, 0.25) is 5.02 Å². The van der Waals surface area contributed by atoms with E-state index >= 15 is 0 Å². The van der Waals surface area contributed by atoms with Crippen molar-refractivity contribution in [2.45, 2.75) is 38.5 Å². The van der Waals surface area contributed by atoms with Gasteiger partial charge in [0.25, 0.3) is 5.56 Å². The zero-order valence-electron chi connectivity index (χ0n) is 11.9. The van der Waals surface area contributed by atoms with Crippen molar-refractivity contribution in [3.05, 3.63) is 21.6 Å². The Morgan fingerprint density at radius 2 is 2.40 bits per heavy atom. The number of hydrogen-bond acceptors (Lipinski definition) is 5. The van der Waals surface area contributed by atoms with E-state index < -0.39 is 0 Å². The smallest absolute Gasteiger partial charge is 0.287 e. The zero-order valence-corrected chi connectivity index (χ0v) is 12.6. The van der Waals surface area contributed by atoms with Gasteiger partial charge in [-0.3, -0.25) is 4.79 Å². The summed E-state index contributed by atoms with van der Waals surface area (Å²) in [5.74, 6) is 0. The monoisotopic (exact) mass is 300 g/mol. The molecule has 112 valence electrons. The van der Waals surface area contributed by atoms with Crippen LogP contribution >= 0.6 is 11.6 Å². The number of anilines is 1. The third-order valence-electron chi connectivity index (χ3n) is 3.51. The van der Waals surface area contributed by atoms with Crippen molar-refractivity contribution >= 4 is 17.3 Å². The van der Waals surface area contributed by atoms with E-state index in [-0.39, 0.29) is 22.7 Å². The standard InChI is InChI=1S/C13H21ClN4O2/c1-3-4-5-18-13(19)12(14)10(7-16-18)17-9-6-15-8-11(9)20-2/h7,9,11,15,17H,3-6,8H2,1-2H3/t9?,11-/m0/s1. The first-order valence-corrected chi connectivity index (χ1v) is 7.30. The van der Waals surface area contributed by atoms with Crippen LogP contribution in [0.1, 0.15) is 19.8 Å². The van der Waals surface area contributed by atoms with Gasteiger partial charge in [-0.2, -0.15) is 5.10 Å². The maximum absolute atomic E-state index is 12.1. The van der Waals surface area contributed by atoms with Crippen LogP contribution in [0.4, 0.5) is 5.69 Å². The molecule has 0 saturated carbocycles. The van der Waals surface area contributed by atoms with Gasteiger partial charge in [0, 0.05) is 26.7 Å². The Kier molecular flexibility index (Phi) is 5.39. The number of unbranched alkanes of at least 4 members (excludes halogenated alkanes) is 1. The first kappa shape index (κ1) is 15.3. The molecule has 2 rings (SSSR count). The fourth-order valence-corrected chi connectivity index (χ4v) is 2.48. The number of rotatable bonds is 6. The highest BCUT2D eigenvalue weighted by molar-refractivity contribution is 6.32. The molecular formula is C13H21ClN4O2. The van der Waals surface area contributed by atoms with Crippen LogP contribution in [-0.4, -0.2) is 42.1 Å². The Morgan fingerprint density at radius 3 is 3.10 bits per heavy atom. The Balaban J connectivity index is 2.13. The number of halogens is 1. The first-order valence-electron chi connectivity index (χ1n) is 6.93. The molecule has 0 radical (unpaired) electrons. The Hall–Kier alpha value is -1.11. The average Bonchev–Trinajstić information content (AvgIpc) is 2.90. The van der Waals surface area contributed by atoms with Crippen LogP contribution in [0.5, 0.6) is 0 Å². The number of nitrogens with zero attached hydrogens (tertiary/aromatic N) is 2. The Labute approximate surface area is 123 Å². The molecule has 1 aromatic heterocycles. The van der Waals surface area contributed by atoms with Crippen molar-refractivity contribution in [2.24, 2.45) is 0 Å². The highest BCUT2D eigenvalue weighted by Gasteiger charge is 2.27. The van der Waals surface area contributed by atoms with Crippen molar-refractivity contribution in [1.29, 1.82) is 0 Å².